The summed E-state index contributed by atoms with van der Waals surface area (Å²) < 4.78 is 38.2. The van der Waals surface area contributed by atoms with Crippen LogP contribution in [0.25, 0.3) is 0 Å². The molecule has 3 N–H and O–H groups in total. The highest BCUT2D eigenvalue weighted by Crippen LogP contribution is 2.33. The molecule has 0 bridgehead atoms. The quantitative estimate of drug-likeness (QED) is 0.684. The molecule has 3 amide bonds. The Hall–Kier alpha value is -3.07. The number of halogens is 4. The second kappa shape index (κ2) is 8.09. The smallest absolute Gasteiger partial charge is 0.326 e. The highest BCUT2D eigenvalue weighted by molar-refractivity contribution is 6.44. The normalized spacial score (nSPS) is 10.9. The number of carbonyl (C=O) groups excluding carboxylic acids is 3. The molecule has 0 heterocycles. The van der Waals surface area contributed by atoms with Crippen molar-refractivity contribution < 1.29 is 27.6 Å². The number of alkyl halides is 3. The zero-order valence-corrected chi connectivity index (χ0v) is 14.5. The number of rotatable bonds is 3. The number of hydrogen-bond acceptors (Lipinski definition) is 3. The first-order valence-corrected chi connectivity index (χ1v) is 7.81. The van der Waals surface area contributed by atoms with E-state index in [1.807, 2.05) is 5.32 Å². The Kier molecular flexibility index (Phi) is 6.06. The first-order chi connectivity index (χ1) is 12.6. The van der Waals surface area contributed by atoms with Crippen LogP contribution in [0, 0.1) is 0 Å². The van der Waals surface area contributed by atoms with E-state index in [9.17, 15) is 27.6 Å². The minimum absolute atomic E-state index is 0.156. The van der Waals surface area contributed by atoms with E-state index in [4.69, 9.17) is 11.6 Å². The molecule has 0 unspecified atom stereocenters. The molecular weight excluding hydrogens is 387 g/mol. The predicted octanol–water partition coefficient (Wildman–Crippen LogP) is 3.89. The molecule has 0 aliphatic carbocycles. The van der Waals surface area contributed by atoms with Crippen molar-refractivity contribution in [1.29, 1.82) is 0 Å². The van der Waals surface area contributed by atoms with Gasteiger partial charge in [-0.15, -0.1) is 0 Å². The second-order valence-electron chi connectivity index (χ2n) is 5.36. The molecule has 0 aromatic heterocycles. The predicted molar refractivity (Wildman–Crippen MR) is 94.5 cm³/mol. The molecular formula is C17H13ClF3N3O3. The van der Waals surface area contributed by atoms with Crippen LogP contribution in [0.15, 0.2) is 42.5 Å². The lowest BCUT2D eigenvalue weighted by atomic mass is 10.2. The Balaban J connectivity index is 2.10. The standard InChI is InChI=1S/C17H13ClF3N3O3/c1-9(25)22-11-3-2-4-12(8-11)23-15(26)16(27)24-14-7-10(17(19,20)21)5-6-13(14)18/h2-8H,1H3,(H,22,25)(H,23,26)(H,24,27). The van der Waals surface area contributed by atoms with Crippen LogP contribution in [0.4, 0.5) is 30.2 Å². The maximum atomic E-state index is 12.7. The van der Waals surface area contributed by atoms with Crippen LogP contribution in [0.3, 0.4) is 0 Å². The van der Waals surface area contributed by atoms with E-state index in [-0.39, 0.29) is 22.3 Å². The number of carbonyl (C=O) groups is 3. The van der Waals surface area contributed by atoms with Gasteiger partial charge in [-0.2, -0.15) is 13.2 Å². The summed E-state index contributed by atoms with van der Waals surface area (Å²) in [7, 11) is 0. The zero-order chi connectivity index (χ0) is 20.2. The van der Waals surface area contributed by atoms with Gasteiger partial charge in [-0.1, -0.05) is 17.7 Å². The lowest BCUT2D eigenvalue weighted by Gasteiger charge is -2.12. The van der Waals surface area contributed by atoms with E-state index >= 15 is 0 Å². The highest BCUT2D eigenvalue weighted by Gasteiger charge is 2.31. The van der Waals surface area contributed by atoms with Crippen molar-refractivity contribution in [3.63, 3.8) is 0 Å². The Morgan fingerprint density at radius 1 is 0.889 bits per heavy atom. The molecule has 2 aromatic rings. The highest BCUT2D eigenvalue weighted by atomic mass is 35.5. The topological polar surface area (TPSA) is 87.3 Å². The van der Waals surface area contributed by atoms with E-state index in [0.717, 1.165) is 12.1 Å². The molecule has 2 aromatic carbocycles. The first-order valence-electron chi connectivity index (χ1n) is 7.43. The molecule has 0 saturated heterocycles. The Morgan fingerprint density at radius 3 is 2.07 bits per heavy atom. The zero-order valence-electron chi connectivity index (χ0n) is 13.8. The van der Waals surface area contributed by atoms with Gasteiger partial charge in [0, 0.05) is 18.3 Å². The lowest BCUT2D eigenvalue weighted by Crippen LogP contribution is -2.29. The van der Waals surface area contributed by atoms with Crippen molar-refractivity contribution in [2.45, 2.75) is 13.1 Å². The van der Waals surface area contributed by atoms with E-state index in [1.54, 1.807) is 6.07 Å². The summed E-state index contributed by atoms with van der Waals surface area (Å²) >= 11 is 5.77. The van der Waals surface area contributed by atoms with Crippen LogP contribution in [0.1, 0.15) is 12.5 Å². The van der Waals surface area contributed by atoms with Crippen molar-refractivity contribution in [3.05, 3.63) is 53.1 Å². The molecule has 27 heavy (non-hydrogen) atoms. The Morgan fingerprint density at radius 2 is 1.48 bits per heavy atom. The maximum Gasteiger partial charge on any atom is 0.416 e. The molecule has 0 aliphatic rings. The largest absolute Gasteiger partial charge is 0.416 e. The molecule has 0 atom stereocenters. The summed E-state index contributed by atoms with van der Waals surface area (Å²) in [4.78, 5) is 35.0. The minimum atomic E-state index is -4.63. The maximum absolute atomic E-state index is 12.7. The summed E-state index contributed by atoms with van der Waals surface area (Å²) in [6.45, 7) is 1.30. The van der Waals surface area contributed by atoms with E-state index in [2.05, 4.69) is 10.6 Å². The van der Waals surface area contributed by atoms with Gasteiger partial charge in [0.25, 0.3) is 0 Å². The Bertz CT molecular complexity index is 900. The Labute approximate surface area is 156 Å². The van der Waals surface area contributed by atoms with Gasteiger partial charge in [-0.05, 0) is 36.4 Å². The fourth-order valence-electron chi connectivity index (χ4n) is 2.04. The summed E-state index contributed by atoms with van der Waals surface area (Å²) in [5.74, 6) is -2.65. The van der Waals surface area contributed by atoms with Gasteiger partial charge in [0.05, 0.1) is 16.3 Å². The van der Waals surface area contributed by atoms with Crippen LogP contribution in [-0.2, 0) is 20.6 Å². The number of nitrogens with one attached hydrogen (secondary N) is 3. The average molecular weight is 400 g/mol. The van der Waals surface area contributed by atoms with Crippen LogP contribution >= 0.6 is 11.6 Å². The van der Waals surface area contributed by atoms with E-state index in [0.29, 0.717) is 11.8 Å². The molecule has 6 nitrogen and oxygen atoms in total. The van der Waals surface area contributed by atoms with E-state index < -0.39 is 23.6 Å². The number of anilines is 3. The molecule has 0 saturated carbocycles. The second-order valence-corrected chi connectivity index (χ2v) is 5.77. The van der Waals surface area contributed by atoms with Crippen molar-refractivity contribution in [2.75, 3.05) is 16.0 Å². The molecule has 0 fully saturated rings. The SMILES string of the molecule is CC(=O)Nc1cccc(NC(=O)C(=O)Nc2cc(C(F)(F)F)ccc2Cl)c1. The van der Waals surface area contributed by atoms with Gasteiger partial charge in [0.2, 0.25) is 5.91 Å². The summed E-state index contributed by atoms with van der Waals surface area (Å²) in [5.41, 5.74) is -0.776. The van der Waals surface area contributed by atoms with Gasteiger partial charge >= 0.3 is 18.0 Å². The lowest BCUT2D eigenvalue weighted by molar-refractivity contribution is -0.137. The van der Waals surface area contributed by atoms with Gasteiger partial charge in [0.1, 0.15) is 0 Å². The fourth-order valence-corrected chi connectivity index (χ4v) is 2.21. The van der Waals surface area contributed by atoms with Crippen LogP contribution in [0.2, 0.25) is 5.02 Å². The van der Waals surface area contributed by atoms with Gasteiger partial charge in [0.15, 0.2) is 0 Å². The van der Waals surface area contributed by atoms with Gasteiger partial charge in [-0.25, -0.2) is 0 Å². The van der Waals surface area contributed by atoms with Crippen LogP contribution in [-0.4, -0.2) is 17.7 Å². The summed E-state index contributed by atoms with van der Waals surface area (Å²) in [6.07, 6.45) is -4.63. The summed E-state index contributed by atoms with van der Waals surface area (Å²) in [5, 5.41) is 6.65. The summed E-state index contributed by atoms with van der Waals surface area (Å²) in [6, 6.07) is 8.32. The number of hydrogen-bond donors (Lipinski definition) is 3. The van der Waals surface area contributed by atoms with Crippen molar-refractivity contribution in [1.82, 2.24) is 0 Å². The molecule has 0 radical (unpaired) electrons. The minimum Gasteiger partial charge on any atom is -0.326 e. The third kappa shape index (κ3) is 5.71. The van der Waals surface area contributed by atoms with Crippen LogP contribution < -0.4 is 16.0 Å². The molecule has 0 spiro atoms. The van der Waals surface area contributed by atoms with Crippen molar-refractivity contribution >= 4 is 46.4 Å². The molecule has 0 aliphatic heterocycles. The molecule has 2 rings (SSSR count). The van der Waals surface area contributed by atoms with Crippen molar-refractivity contribution in [2.24, 2.45) is 0 Å². The van der Waals surface area contributed by atoms with E-state index in [1.165, 1.54) is 25.1 Å². The average Bonchev–Trinajstić information content (AvgIpc) is 2.55. The fraction of sp³-hybridized carbons (Fsp3) is 0.118. The number of amides is 3. The van der Waals surface area contributed by atoms with Gasteiger partial charge in [-0.3, -0.25) is 14.4 Å². The first kappa shape index (κ1) is 20.2. The van der Waals surface area contributed by atoms with Crippen LogP contribution in [0.5, 0.6) is 0 Å². The molecule has 142 valence electrons. The van der Waals surface area contributed by atoms with Gasteiger partial charge < -0.3 is 16.0 Å². The molecule has 10 heteroatoms. The number of benzene rings is 2. The third-order valence-corrected chi connectivity index (χ3v) is 3.52. The monoisotopic (exact) mass is 399 g/mol. The third-order valence-electron chi connectivity index (χ3n) is 3.19. The van der Waals surface area contributed by atoms with Crippen molar-refractivity contribution in [3.8, 4) is 0 Å².